The zero-order valence-corrected chi connectivity index (χ0v) is 6.72. The quantitative estimate of drug-likeness (QED) is 0.479. The molecule has 1 aliphatic heterocycles. The van der Waals surface area contributed by atoms with Crippen LogP contribution in [0.15, 0.2) is 0 Å². The fourth-order valence-electron chi connectivity index (χ4n) is 1.54. The molecule has 0 bridgehead atoms. The Kier molecular flexibility index (Phi) is 2.12. The molecule has 0 amide bonds. The molecule has 1 nitrogen and oxygen atoms in total. The lowest BCUT2D eigenvalue weighted by molar-refractivity contribution is 0.145. The van der Waals surface area contributed by atoms with Crippen LogP contribution in [0.25, 0.3) is 0 Å². The van der Waals surface area contributed by atoms with Gasteiger partial charge in [-0.3, -0.25) is 0 Å². The summed E-state index contributed by atoms with van der Waals surface area (Å²) in [4.78, 5) is 2.45. The summed E-state index contributed by atoms with van der Waals surface area (Å²) in [6, 6.07) is 0.804. The van der Waals surface area contributed by atoms with Gasteiger partial charge in [-0.05, 0) is 39.3 Å². The van der Waals surface area contributed by atoms with E-state index in [1.165, 1.54) is 19.4 Å². The van der Waals surface area contributed by atoms with Crippen LogP contribution in [0.4, 0.5) is 0 Å². The molecule has 0 aromatic rings. The van der Waals surface area contributed by atoms with Crippen LogP contribution in [-0.2, 0) is 0 Å². The van der Waals surface area contributed by atoms with Crippen LogP contribution in [0.1, 0.15) is 26.7 Å². The van der Waals surface area contributed by atoms with Gasteiger partial charge in [0.1, 0.15) is 0 Å². The lowest BCUT2D eigenvalue weighted by Crippen LogP contribution is -2.39. The monoisotopic (exact) mass is 127 g/mol. The Bertz CT molecular complexity index is 80.6. The summed E-state index contributed by atoms with van der Waals surface area (Å²) in [6.45, 7) is 5.97. The van der Waals surface area contributed by atoms with E-state index in [1.54, 1.807) is 0 Å². The van der Waals surface area contributed by atoms with E-state index in [4.69, 9.17) is 0 Å². The average molecular weight is 127 g/mol. The van der Waals surface area contributed by atoms with Gasteiger partial charge in [0.25, 0.3) is 0 Å². The first kappa shape index (κ1) is 7.07. The molecule has 1 saturated heterocycles. The van der Waals surface area contributed by atoms with Crippen molar-refractivity contribution in [3.63, 3.8) is 0 Å². The van der Waals surface area contributed by atoms with E-state index in [0.29, 0.717) is 0 Å². The summed E-state index contributed by atoms with van der Waals surface area (Å²) in [5.41, 5.74) is 0. The van der Waals surface area contributed by atoms with Crippen LogP contribution in [0, 0.1) is 5.92 Å². The van der Waals surface area contributed by atoms with E-state index in [2.05, 4.69) is 25.8 Å². The Morgan fingerprint density at radius 2 is 2.00 bits per heavy atom. The van der Waals surface area contributed by atoms with E-state index < -0.39 is 0 Å². The minimum atomic E-state index is 0.804. The maximum Gasteiger partial charge on any atom is 0.00895 e. The molecule has 0 radical (unpaired) electrons. The molecule has 0 N–H and O–H groups in total. The molecular weight excluding hydrogens is 110 g/mol. The topological polar surface area (TPSA) is 3.24 Å². The van der Waals surface area contributed by atoms with Crippen molar-refractivity contribution in [2.24, 2.45) is 5.92 Å². The Morgan fingerprint density at radius 1 is 1.33 bits per heavy atom. The van der Waals surface area contributed by atoms with Gasteiger partial charge in [0.05, 0.1) is 0 Å². The number of hydrogen-bond donors (Lipinski definition) is 0. The Morgan fingerprint density at radius 3 is 2.44 bits per heavy atom. The predicted molar refractivity (Wildman–Crippen MR) is 40.5 cm³/mol. The fraction of sp³-hybridized carbons (Fsp3) is 1.00. The third kappa shape index (κ3) is 1.45. The number of hydrogen-bond acceptors (Lipinski definition) is 1. The van der Waals surface area contributed by atoms with Crippen molar-refractivity contribution in [3.05, 3.63) is 0 Å². The number of likely N-dealkylation sites (tertiary alicyclic amines) is 1. The summed E-state index contributed by atoms with van der Waals surface area (Å²) in [5.74, 6) is 0.906. The second kappa shape index (κ2) is 2.70. The Hall–Kier alpha value is -0.0400. The third-order valence-electron chi connectivity index (χ3n) is 2.69. The molecule has 1 heteroatoms. The first-order valence-electron chi connectivity index (χ1n) is 3.92. The first-order chi connectivity index (χ1) is 4.22. The van der Waals surface area contributed by atoms with Crippen molar-refractivity contribution in [3.8, 4) is 0 Å². The number of piperidine rings is 1. The summed E-state index contributed by atoms with van der Waals surface area (Å²) in [7, 11) is 2.22. The van der Waals surface area contributed by atoms with Crippen LogP contribution < -0.4 is 0 Å². The van der Waals surface area contributed by atoms with Gasteiger partial charge in [0.2, 0.25) is 0 Å². The highest BCUT2D eigenvalue weighted by molar-refractivity contribution is 4.75. The molecule has 1 fully saturated rings. The largest absolute Gasteiger partial charge is 0.303 e. The lowest BCUT2D eigenvalue weighted by atomic mass is 9.93. The molecule has 1 heterocycles. The molecule has 9 heavy (non-hydrogen) atoms. The van der Waals surface area contributed by atoms with Gasteiger partial charge in [0.15, 0.2) is 0 Å². The molecule has 0 unspecified atom stereocenters. The van der Waals surface area contributed by atoms with Gasteiger partial charge in [-0.15, -0.1) is 0 Å². The molecule has 2 atom stereocenters. The summed E-state index contributed by atoms with van der Waals surface area (Å²) in [5, 5.41) is 0. The minimum absolute atomic E-state index is 0.804. The molecule has 0 aliphatic carbocycles. The summed E-state index contributed by atoms with van der Waals surface area (Å²) in [6.07, 6.45) is 2.81. The maximum absolute atomic E-state index is 2.45. The van der Waals surface area contributed by atoms with Crippen LogP contribution in [-0.4, -0.2) is 24.5 Å². The van der Waals surface area contributed by atoms with Gasteiger partial charge < -0.3 is 4.90 Å². The highest BCUT2D eigenvalue weighted by Crippen LogP contribution is 2.20. The van der Waals surface area contributed by atoms with Crippen LogP contribution in [0.5, 0.6) is 0 Å². The van der Waals surface area contributed by atoms with Gasteiger partial charge in [-0.2, -0.15) is 0 Å². The lowest BCUT2D eigenvalue weighted by Gasteiger charge is -2.34. The SMILES string of the molecule is C[C@@H]1CCCN(C)[C@H]1C. The van der Waals surface area contributed by atoms with Gasteiger partial charge >= 0.3 is 0 Å². The summed E-state index contributed by atoms with van der Waals surface area (Å²) >= 11 is 0. The van der Waals surface area contributed by atoms with Crippen LogP contribution in [0.2, 0.25) is 0 Å². The molecule has 0 spiro atoms. The highest BCUT2D eigenvalue weighted by atomic mass is 15.1. The van der Waals surface area contributed by atoms with Gasteiger partial charge in [-0.1, -0.05) is 6.92 Å². The molecular formula is C8H17N. The van der Waals surface area contributed by atoms with Crippen LogP contribution in [0.3, 0.4) is 0 Å². The van der Waals surface area contributed by atoms with E-state index in [-0.39, 0.29) is 0 Å². The van der Waals surface area contributed by atoms with Crippen molar-refractivity contribution in [1.82, 2.24) is 4.90 Å². The standard InChI is InChI=1S/C8H17N/c1-7-5-4-6-9(3)8(7)2/h7-8H,4-6H2,1-3H3/t7-,8+/m1/s1. The van der Waals surface area contributed by atoms with Crippen molar-refractivity contribution < 1.29 is 0 Å². The normalized spacial score (nSPS) is 39.0. The highest BCUT2D eigenvalue weighted by Gasteiger charge is 2.20. The zero-order chi connectivity index (χ0) is 6.85. The van der Waals surface area contributed by atoms with Crippen molar-refractivity contribution >= 4 is 0 Å². The minimum Gasteiger partial charge on any atom is -0.303 e. The summed E-state index contributed by atoms with van der Waals surface area (Å²) < 4.78 is 0. The Labute approximate surface area is 58.0 Å². The van der Waals surface area contributed by atoms with Crippen molar-refractivity contribution in [2.75, 3.05) is 13.6 Å². The first-order valence-corrected chi connectivity index (χ1v) is 3.92. The van der Waals surface area contributed by atoms with Gasteiger partial charge in [0, 0.05) is 6.04 Å². The smallest absolute Gasteiger partial charge is 0.00895 e. The molecule has 1 aliphatic rings. The maximum atomic E-state index is 2.45. The van der Waals surface area contributed by atoms with E-state index in [9.17, 15) is 0 Å². The Balaban J connectivity index is 2.41. The zero-order valence-electron chi connectivity index (χ0n) is 6.72. The molecule has 1 rings (SSSR count). The number of rotatable bonds is 0. The van der Waals surface area contributed by atoms with Gasteiger partial charge in [-0.25, -0.2) is 0 Å². The fourth-order valence-corrected chi connectivity index (χ4v) is 1.54. The van der Waals surface area contributed by atoms with E-state index >= 15 is 0 Å². The molecule has 0 aromatic heterocycles. The second-order valence-corrected chi connectivity index (χ2v) is 3.34. The third-order valence-corrected chi connectivity index (χ3v) is 2.69. The molecule has 54 valence electrons. The predicted octanol–water partition coefficient (Wildman–Crippen LogP) is 1.74. The second-order valence-electron chi connectivity index (χ2n) is 3.34. The molecule has 0 aromatic carbocycles. The van der Waals surface area contributed by atoms with Crippen LogP contribution >= 0.6 is 0 Å². The average Bonchev–Trinajstić information content (AvgIpc) is 1.83. The van der Waals surface area contributed by atoms with Crippen molar-refractivity contribution in [1.29, 1.82) is 0 Å². The molecule has 0 saturated carbocycles. The van der Waals surface area contributed by atoms with Crippen molar-refractivity contribution in [2.45, 2.75) is 32.7 Å². The van der Waals surface area contributed by atoms with E-state index in [1.807, 2.05) is 0 Å². The number of nitrogens with zero attached hydrogens (tertiary/aromatic N) is 1. The van der Waals surface area contributed by atoms with E-state index in [0.717, 1.165) is 12.0 Å².